The van der Waals surface area contributed by atoms with E-state index in [1.54, 1.807) is 29.2 Å². The standard InChI is InChI=1S/C16H17N3O5/c20-13-6-7-19(15(13)22)24-16(23)18-10-8-17(9-11-18)14(21)12-4-2-1-3-5-12/h1-5H,6-11H2. The van der Waals surface area contributed by atoms with E-state index < -0.39 is 17.8 Å². The Morgan fingerprint density at radius 3 is 2.08 bits per heavy atom. The Kier molecular flexibility index (Phi) is 4.45. The summed E-state index contributed by atoms with van der Waals surface area (Å²) in [5, 5.41) is 0.798. The highest BCUT2D eigenvalue weighted by Crippen LogP contribution is 2.12. The van der Waals surface area contributed by atoms with Crippen molar-refractivity contribution in [2.24, 2.45) is 0 Å². The van der Waals surface area contributed by atoms with Gasteiger partial charge in [-0.15, -0.1) is 0 Å². The zero-order valence-electron chi connectivity index (χ0n) is 13.0. The molecule has 2 saturated heterocycles. The molecular weight excluding hydrogens is 314 g/mol. The van der Waals surface area contributed by atoms with Crippen LogP contribution in [0.25, 0.3) is 0 Å². The summed E-state index contributed by atoms with van der Waals surface area (Å²) in [6.07, 6.45) is -0.615. The van der Waals surface area contributed by atoms with E-state index in [1.807, 2.05) is 6.07 Å². The van der Waals surface area contributed by atoms with Gasteiger partial charge >= 0.3 is 12.0 Å². The van der Waals surface area contributed by atoms with Crippen molar-refractivity contribution in [3.8, 4) is 0 Å². The van der Waals surface area contributed by atoms with Gasteiger partial charge in [0.05, 0.1) is 6.54 Å². The lowest BCUT2D eigenvalue weighted by molar-refractivity contribution is -0.164. The van der Waals surface area contributed by atoms with Gasteiger partial charge in [0.15, 0.2) is 0 Å². The van der Waals surface area contributed by atoms with Crippen molar-refractivity contribution < 1.29 is 24.0 Å². The zero-order chi connectivity index (χ0) is 17.1. The van der Waals surface area contributed by atoms with E-state index in [0.717, 1.165) is 5.06 Å². The molecular formula is C16H17N3O5. The molecule has 8 heteroatoms. The molecule has 0 aromatic heterocycles. The van der Waals surface area contributed by atoms with Gasteiger partial charge in [0.1, 0.15) is 0 Å². The maximum absolute atomic E-state index is 12.3. The molecule has 3 rings (SSSR count). The lowest BCUT2D eigenvalue weighted by Crippen LogP contribution is -2.51. The molecule has 0 atom stereocenters. The third-order valence-electron chi connectivity index (χ3n) is 4.04. The molecule has 1 aromatic carbocycles. The Bertz CT molecular complexity index is 668. The first-order valence-electron chi connectivity index (χ1n) is 7.72. The monoisotopic (exact) mass is 331 g/mol. The summed E-state index contributed by atoms with van der Waals surface area (Å²) in [4.78, 5) is 55.0. The van der Waals surface area contributed by atoms with Crippen LogP contribution in [-0.2, 0) is 14.4 Å². The second-order valence-electron chi connectivity index (χ2n) is 5.58. The highest BCUT2D eigenvalue weighted by molar-refractivity contribution is 6.37. The summed E-state index contributed by atoms with van der Waals surface area (Å²) >= 11 is 0. The number of nitrogens with zero attached hydrogens (tertiary/aromatic N) is 3. The molecule has 0 unspecified atom stereocenters. The molecule has 0 bridgehead atoms. The fourth-order valence-electron chi connectivity index (χ4n) is 2.65. The average Bonchev–Trinajstić information content (AvgIpc) is 2.94. The van der Waals surface area contributed by atoms with Crippen LogP contribution in [0.4, 0.5) is 4.79 Å². The van der Waals surface area contributed by atoms with E-state index in [2.05, 4.69) is 0 Å². The number of ketones is 1. The summed E-state index contributed by atoms with van der Waals surface area (Å²) in [6, 6.07) is 8.94. The fourth-order valence-corrected chi connectivity index (χ4v) is 2.65. The van der Waals surface area contributed by atoms with Crippen LogP contribution in [0, 0.1) is 0 Å². The van der Waals surface area contributed by atoms with E-state index in [9.17, 15) is 19.2 Å². The van der Waals surface area contributed by atoms with Crippen molar-refractivity contribution in [1.29, 1.82) is 0 Å². The molecule has 2 aliphatic heterocycles. The van der Waals surface area contributed by atoms with Crippen LogP contribution in [0.5, 0.6) is 0 Å². The third-order valence-corrected chi connectivity index (χ3v) is 4.04. The van der Waals surface area contributed by atoms with E-state index in [1.165, 1.54) is 4.90 Å². The molecule has 2 aliphatic rings. The number of amides is 3. The Morgan fingerprint density at radius 2 is 1.50 bits per heavy atom. The van der Waals surface area contributed by atoms with Gasteiger partial charge in [-0.2, -0.15) is 5.06 Å². The van der Waals surface area contributed by atoms with Crippen LogP contribution < -0.4 is 0 Å². The second-order valence-corrected chi connectivity index (χ2v) is 5.58. The highest BCUT2D eigenvalue weighted by Gasteiger charge is 2.34. The van der Waals surface area contributed by atoms with Gasteiger partial charge in [-0.3, -0.25) is 14.4 Å². The third kappa shape index (κ3) is 3.22. The summed E-state index contributed by atoms with van der Waals surface area (Å²) in [5.41, 5.74) is 0.606. The number of hydrogen-bond donors (Lipinski definition) is 0. The van der Waals surface area contributed by atoms with Gasteiger partial charge in [0.25, 0.3) is 5.91 Å². The number of carbonyl (C=O) groups is 4. The molecule has 2 fully saturated rings. The number of benzene rings is 1. The van der Waals surface area contributed by atoms with Crippen molar-refractivity contribution in [1.82, 2.24) is 14.9 Å². The largest absolute Gasteiger partial charge is 0.434 e. The van der Waals surface area contributed by atoms with Crippen molar-refractivity contribution >= 4 is 23.7 Å². The van der Waals surface area contributed by atoms with Crippen LogP contribution in [0.3, 0.4) is 0 Å². The first-order chi connectivity index (χ1) is 11.6. The number of piperazine rings is 1. The van der Waals surface area contributed by atoms with Gasteiger partial charge in [-0.25, -0.2) is 4.79 Å². The SMILES string of the molecule is O=C1CCN(OC(=O)N2CCN(C(=O)c3ccccc3)CC2)C1=O. The van der Waals surface area contributed by atoms with Gasteiger partial charge in [0.2, 0.25) is 5.78 Å². The summed E-state index contributed by atoms with van der Waals surface area (Å²) < 4.78 is 0. The Balaban J connectivity index is 1.51. The molecule has 0 saturated carbocycles. The van der Waals surface area contributed by atoms with Crippen LogP contribution in [0.15, 0.2) is 30.3 Å². The number of hydrogen-bond acceptors (Lipinski definition) is 5. The lowest BCUT2D eigenvalue weighted by atomic mass is 10.2. The van der Waals surface area contributed by atoms with Crippen molar-refractivity contribution in [3.63, 3.8) is 0 Å². The molecule has 1 aromatic rings. The zero-order valence-corrected chi connectivity index (χ0v) is 13.0. The summed E-state index contributed by atoms with van der Waals surface area (Å²) in [5.74, 6) is -1.42. The fraction of sp³-hybridized carbons (Fsp3) is 0.375. The van der Waals surface area contributed by atoms with Crippen LogP contribution in [0.2, 0.25) is 0 Å². The summed E-state index contributed by atoms with van der Waals surface area (Å²) in [7, 11) is 0. The van der Waals surface area contributed by atoms with Crippen molar-refractivity contribution in [2.45, 2.75) is 6.42 Å². The molecule has 24 heavy (non-hydrogen) atoms. The first kappa shape index (κ1) is 16.0. The molecule has 0 aliphatic carbocycles. The van der Waals surface area contributed by atoms with Gasteiger partial charge in [-0.05, 0) is 12.1 Å². The van der Waals surface area contributed by atoms with Gasteiger partial charge < -0.3 is 14.6 Å². The number of hydroxylamine groups is 2. The first-order valence-corrected chi connectivity index (χ1v) is 7.72. The van der Waals surface area contributed by atoms with E-state index in [0.29, 0.717) is 31.7 Å². The Hall–Kier alpha value is -2.90. The lowest BCUT2D eigenvalue weighted by Gasteiger charge is -2.34. The molecule has 8 nitrogen and oxygen atoms in total. The Morgan fingerprint density at radius 1 is 0.875 bits per heavy atom. The Labute approximate surface area is 138 Å². The predicted molar refractivity (Wildman–Crippen MR) is 81.7 cm³/mol. The topological polar surface area (TPSA) is 87.2 Å². The minimum Gasteiger partial charge on any atom is -0.335 e. The van der Waals surface area contributed by atoms with Crippen LogP contribution in [-0.4, -0.2) is 71.3 Å². The van der Waals surface area contributed by atoms with Crippen LogP contribution in [0.1, 0.15) is 16.8 Å². The molecule has 0 spiro atoms. The van der Waals surface area contributed by atoms with E-state index in [-0.39, 0.29) is 18.9 Å². The van der Waals surface area contributed by atoms with Gasteiger partial charge in [-0.1, -0.05) is 18.2 Å². The molecule has 0 radical (unpaired) electrons. The highest BCUT2D eigenvalue weighted by atomic mass is 16.7. The molecule has 3 amide bonds. The van der Waals surface area contributed by atoms with Crippen molar-refractivity contribution in [3.05, 3.63) is 35.9 Å². The molecule has 126 valence electrons. The van der Waals surface area contributed by atoms with E-state index in [4.69, 9.17) is 4.84 Å². The smallest absolute Gasteiger partial charge is 0.335 e. The molecule has 0 N–H and O–H groups in total. The quantitative estimate of drug-likeness (QED) is 0.727. The molecule has 2 heterocycles. The minimum absolute atomic E-state index is 0.0610. The predicted octanol–water partition coefficient (Wildman–Crippen LogP) is 0.297. The second kappa shape index (κ2) is 6.69. The van der Waals surface area contributed by atoms with Gasteiger partial charge in [0, 0.05) is 38.2 Å². The van der Waals surface area contributed by atoms with Crippen molar-refractivity contribution in [2.75, 3.05) is 32.7 Å². The summed E-state index contributed by atoms with van der Waals surface area (Å²) in [6.45, 7) is 1.49. The maximum atomic E-state index is 12.3. The number of Topliss-reactive ketones (excluding diaryl/α,β-unsaturated/α-hetero) is 1. The average molecular weight is 331 g/mol. The number of rotatable bonds is 2. The van der Waals surface area contributed by atoms with E-state index >= 15 is 0 Å². The maximum Gasteiger partial charge on any atom is 0.434 e. The van der Waals surface area contributed by atoms with Crippen LogP contribution >= 0.6 is 0 Å². The number of carbonyl (C=O) groups excluding carboxylic acids is 4. The minimum atomic E-state index is -0.791. The normalized spacial score (nSPS) is 18.1.